The average molecular weight is 296 g/mol. The Hall–Kier alpha value is -1.92. The molecule has 2 aromatic rings. The third-order valence-corrected chi connectivity index (χ3v) is 3.37. The lowest BCUT2D eigenvalue weighted by Gasteiger charge is -2.20. The lowest BCUT2D eigenvalue weighted by molar-refractivity contribution is -0.142. The van der Waals surface area contributed by atoms with Crippen molar-refractivity contribution >= 4 is 28.5 Å². The Bertz CT molecular complexity index is 714. The summed E-state index contributed by atoms with van der Waals surface area (Å²) >= 11 is 5.84. The van der Waals surface area contributed by atoms with Gasteiger partial charge in [-0.05, 0) is 32.2 Å². The van der Waals surface area contributed by atoms with Gasteiger partial charge in [-0.1, -0.05) is 11.6 Å². The van der Waals surface area contributed by atoms with Crippen molar-refractivity contribution < 1.29 is 9.90 Å². The van der Waals surface area contributed by atoms with Crippen molar-refractivity contribution in [2.45, 2.75) is 19.5 Å². The topological polar surface area (TPSA) is 86.3 Å². The fourth-order valence-electron chi connectivity index (χ4n) is 1.80. The van der Waals surface area contributed by atoms with E-state index in [9.17, 15) is 9.59 Å². The van der Waals surface area contributed by atoms with E-state index >= 15 is 0 Å². The van der Waals surface area contributed by atoms with Crippen LogP contribution in [-0.2, 0) is 11.3 Å². The van der Waals surface area contributed by atoms with Gasteiger partial charge in [0.25, 0.3) is 5.56 Å². The van der Waals surface area contributed by atoms with Crippen molar-refractivity contribution in [1.29, 1.82) is 0 Å². The summed E-state index contributed by atoms with van der Waals surface area (Å²) in [6, 6.07) is 4.21. The number of aliphatic carboxylic acids is 1. The molecule has 1 atom stereocenters. The lowest BCUT2D eigenvalue weighted by Crippen LogP contribution is -2.36. The second kappa shape index (κ2) is 5.60. The fraction of sp³-hybridized carbons (Fsp3) is 0.308. The SMILES string of the molecule is CC(C(=O)O)N(C)Cc1nc2ccc(Cl)cc2c(=O)[nH]1. The molecule has 6 nitrogen and oxygen atoms in total. The van der Waals surface area contributed by atoms with E-state index in [-0.39, 0.29) is 12.1 Å². The number of hydrogen-bond donors (Lipinski definition) is 2. The summed E-state index contributed by atoms with van der Waals surface area (Å²) in [5.74, 6) is -0.511. The van der Waals surface area contributed by atoms with Crippen LogP contribution in [0.2, 0.25) is 5.02 Å². The van der Waals surface area contributed by atoms with E-state index in [4.69, 9.17) is 16.7 Å². The molecule has 0 radical (unpaired) electrons. The first-order valence-electron chi connectivity index (χ1n) is 6.00. The number of halogens is 1. The summed E-state index contributed by atoms with van der Waals surface area (Å²) in [7, 11) is 1.66. The van der Waals surface area contributed by atoms with Crippen LogP contribution in [0.5, 0.6) is 0 Å². The zero-order valence-corrected chi connectivity index (χ0v) is 11.8. The summed E-state index contributed by atoms with van der Waals surface area (Å²) < 4.78 is 0. The van der Waals surface area contributed by atoms with Crippen molar-refractivity contribution in [3.05, 3.63) is 39.4 Å². The van der Waals surface area contributed by atoms with Crippen molar-refractivity contribution in [1.82, 2.24) is 14.9 Å². The summed E-state index contributed by atoms with van der Waals surface area (Å²) in [6.07, 6.45) is 0. The number of aromatic amines is 1. The first kappa shape index (κ1) is 14.5. The van der Waals surface area contributed by atoms with Crippen molar-refractivity contribution in [2.24, 2.45) is 0 Å². The summed E-state index contributed by atoms with van der Waals surface area (Å²) in [4.78, 5) is 31.4. The smallest absolute Gasteiger partial charge is 0.320 e. The Morgan fingerprint density at radius 1 is 1.55 bits per heavy atom. The Morgan fingerprint density at radius 2 is 2.25 bits per heavy atom. The molecule has 1 aromatic carbocycles. The van der Waals surface area contributed by atoms with E-state index in [1.54, 1.807) is 37.1 Å². The minimum absolute atomic E-state index is 0.237. The number of nitrogens with one attached hydrogen (secondary N) is 1. The van der Waals surface area contributed by atoms with Gasteiger partial charge in [-0.25, -0.2) is 4.98 Å². The van der Waals surface area contributed by atoms with E-state index < -0.39 is 12.0 Å². The van der Waals surface area contributed by atoms with Gasteiger partial charge in [0.1, 0.15) is 11.9 Å². The van der Waals surface area contributed by atoms with Crippen molar-refractivity contribution in [3.8, 4) is 0 Å². The first-order chi connectivity index (χ1) is 9.38. The molecule has 0 aliphatic carbocycles. The van der Waals surface area contributed by atoms with E-state index in [0.29, 0.717) is 21.7 Å². The Morgan fingerprint density at radius 3 is 2.90 bits per heavy atom. The average Bonchev–Trinajstić information content (AvgIpc) is 2.38. The number of carboxylic acid groups (broad SMARTS) is 1. The van der Waals surface area contributed by atoms with Gasteiger partial charge in [-0.2, -0.15) is 0 Å². The highest BCUT2D eigenvalue weighted by atomic mass is 35.5. The van der Waals surface area contributed by atoms with Crippen LogP contribution >= 0.6 is 11.6 Å². The van der Waals surface area contributed by atoms with Gasteiger partial charge in [-0.3, -0.25) is 14.5 Å². The molecule has 0 aliphatic rings. The molecule has 2 N–H and O–H groups in total. The van der Waals surface area contributed by atoms with Crippen molar-refractivity contribution in [3.63, 3.8) is 0 Å². The molecule has 0 amide bonds. The maximum Gasteiger partial charge on any atom is 0.320 e. The zero-order valence-electron chi connectivity index (χ0n) is 11.1. The van der Waals surface area contributed by atoms with E-state index in [1.807, 2.05) is 0 Å². The molecule has 0 bridgehead atoms. The number of fused-ring (bicyclic) bond motifs is 1. The number of rotatable bonds is 4. The minimum Gasteiger partial charge on any atom is -0.480 e. The second-order valence-corrected chi connectivity index (χ2v) is 5.04. The quantitative estimate of drug-likeness (QED) is 0.892. The maximum atomic E-state index is 11.9. The largest absolute Gasteiger partial charge is 0.480 e. The highest BCUT2D eigenvalue weighted by Crippen LogP contribution is 2.14. The molecule has 7 heteroatoms. The maximum absolute atomic E-state index is 11.9. The molecule has 0 saturated carbocycles. The van der Waals surface area contributed by atoms with Gasteiger partial charge in [0, 0.05) is 5.02 Å². The molecule has 0 fully saturated rings. The third-order valence-electron chi connectivity index (χ3n) is 3.13. The summed E-state index contributed by atoms with van der Waals surface area (Å²) in [5.41, 5.74) is 0.244. The number of likely N-dealkylation sites (N-methyl/N-ethyl adjacent to an activating group) is 1. The number of nitrogens with zero attached hydrogens (tertiary/aromatic N) is 2. The highest BCUT2D eigenvalue weighted by molar-refractivity contribution is 6.31. The van der Waals surface area contributed by atoms with Gasteiger partial charge in [-0.15, -0.1) is 0 Å². The summed E-state index contributed by atoms with van der Waals surface area (Å²) in [5, 5.41) is 9.82. The van der Waals surface area contributed by atoms with Crippen LogP contribution in [0, 0.1) is 0 Å². The molecule has 20 heavy (non-hydrogen) atoms. The molecule has 0 spiro atoms. The molecule has 0 aliphatic heterocycles. The van der Waals surface area contributed by atoms with Crippen LogP contribution in [0.3, 0.4) is 0 Å². The van der Waals surface area contributed by atoms with Gasteiger partial charge in [0.15, 0.2) is 0 Å². The summed E-state index contributed by atoms with van der Waals surface area (Å²) in [6.45, 7) is 1.81. The number of carbonyl (C=O) groups is 1. The number of carboxylic acids is 1. The molecular formula is C13H14ClN3O3. The molecule has 1 unspecified atom stereocenters. The Kier molecular flexibility index (Phi) is 4.06. The molecule has 106 valence electrons. The van der Waals surface area contributed by atoms with Gasteiger partial charge < -0.3 is 10.1 Å². The molecule has 2 rings (SSSR count). The lowest BCUT2D eigenvalue weighted by atomic mass is 10.2. The fourth-order valence-corrected chi connectivity index (χ4v) is 1.97. The Labute approximate surface area is 120 Å². The molecular weight excluding hydrogens is 282 g/mol. The van der Waals surface area contributed by atoms with Crippen LogP contribution in [-0.4, -0.2) is 39.0 Å². The van der Waals surface area contributed by atoms with Gasteiger partial charge in [0.05, 0.1) is 17.4 Å². The predicted molar refractivity (Wildman–Crippen MR) is 75.9 cm³/mol. The van der Waals surface area contributed by atoms with Crippen LogP contribution in [0.25, 0.3) is 10.9 Å². The van der Waals surface area contributed by atoms with E-state index in [1.165, 1.54) is 0 Å². The van der Waals surface area contributed by atoms with Gasteiger partial charge in [0.2, 0.25) is 0 Å². The zero-order chi connectivity index (χ0) is 14.9. The third kappa shape index (κ3) is 2.97. The normalized spacial score (nSPS) is 12.8. The van der Waals surface area contributed by atoms with E-state index in [0.717, 1.165) is 0 Å². The molecule has 1 heterocycles. The van der Waals surface area contributed by atoms with Gasteiger partial charge >= 0.3 is 5.97 Å². The monoisotopic (exact) mass is 295 g/mol. The standard InChI is InChI=1S/C13H14ClN3O3/c1-7(13(19)20)17(2)6-11-15-10-4-3-8(14)5-9(10)12(18)16-11/h3-5,7H,6H2,1-2H3,(H,19,20)(H,15,16,18). The predicted octanol–water partition coefficient (Wildman–Crippen LogP) is 1.48. The molecule has 1 aromatic heterocycles. The number of benzene rings is 1. The number of hydrogen-bond acceptors (Lipinski definition) is 4. The minimum atomic E-state index is -0.928. The van der Waals surface area contributed by atoms with E-state index in [2.05, 4.69) is 9.97 Å². The van der Waals surface area contributed by atoms with Crippen molar-refractivity contribution in [2.75, 3.05) is 7.05 Å². The number of H-pyrrole nitrogens is 1. The van der Waals surface area contributed by atoms with Crippen LogP contribution in [0.4, 0.5) is 0 Å². The van der Waals surface area contributed by atoms with Crippen LogP contribution in [0.1, 0.15) is 12.7 Å². The highest BCUT2D eigenvalue weighted by Gasteiger charge is 2.17. The molecule has 0 saturated heterocycles. The van der Waals surface area contributed by atoms with Crippen LogP contribution in [0.15, 0.2) is 23.0 Å². The first-order valence-corrected chi connectivity index (χ1v) is 6.38. The Balaban J connectivity index is 2.35. The second-order valence-electron chi connectivity index (χ2n) is 4.60. The van der Waals surface area contributed by atoms with Crippen LogP contribution < -0.4 is 5.56 Å². The number of aromatic nitrogens is 2.